The van der Waals surface area contributed by atoms with E-state index in [9.17, 15) is 4.39 Å². The fourth-order valence-electron chi connectivity index (χ4n) is 4.33. The summed E-state index contributed by atoms with van der Waals surface area (Å²) in [6.07, 6.45) is 6.85. The van der Waals surface area contributed by atoms with Gasteiger partial charge in [-0.2, -0.15) is 0 Å². The summed E-state index contributed by atoms with van der Waals surface area (Å²) in [6.45, 7) is 15.4. The van der Waals surface area contributed by atoms with Gasteiger partial charge in [0.1, 0.15) is 17.5 Å². The van der Waals surface area contributed by atoms with Gasteiger partial charge >= 0.3 is 0 Å². The van der Waals surface area contributed by atoms with Gasteiger partial charge < -0.3 is 20.1 Å². The highest BCUT2D eigenvalue weighted by molar-refractivity contribution is 7.09. The third-order valence-corrected chi connectivity index (χ3v) is 8.20. The lowest BCUT2D eigenvalue weighted by molar-refractivity contribution is 0.397. The molecule has 0 saturated carbocycles. The van der Waals surface area contributed by atoms with Crippen molar-refractivity contribution in [2.45, 2.75) is 55.4 Å². The van der Waals surface area contributed by atoms with E-state index in [1.54, 1.807) is 75.5 Å². The van der Waals surface area contributed by atoms with Gasteiger partial charge in [0.2, 0.25) is 11.8 Å². The molecule has 0 spiro atoms. The summed E-state index contributed by atoms with van der Waals surface area (Å²) in [6, 6.07) is 37.6. The highest BCUT2D eigenvalue weighted by Crippen LogP contribution is 2.07. The predicted molar refractivity (Wildman–Crippen MR) is 261 cm³/mol. The van der Waals surface area contributed by atoms with Crippen molar-refractivity contribution in [1.29, 1.82) is 0 Å². The number of thiazole rings is 1. The molecule has 0 atom stereocenters. The van der Waals surface area contributed by atoms with E-state index in [0.717, 1.165) is 45.0 Å². The second-order valence-corrected chi connectivity index (χ2v) is 14.5. The SMILES string of the molecule is COc1cccc(C)n1.COc1ccccn1.Cc1cccc(C)n1.Cc1cccc(N(C)C)n1.Cc1cccc(N)n1.Cc1ccccn1.Cc1ncccc1F.Cc1nccs1. The maximum atomic E-state index is 12.3. The zero-order valence-electron chi connectivity index (χ0n) is 39.1. The largest absolute Gasteiger partial charge is 0.481 e. The zero-order valence-corrected chi connectivity index (χ0v) is 40.0. The molecule has 8 aromatic heterocycles. The minimum absolute atomic E-state index is 0.243. The standard InChI is InChI=1S/C8H12N2.C7H9NO.C7H9N.C6H6FN.C6H8N2.C6H7NO.C6H7N.C4H5NS/c1-7-5-4-6-8(9-7)10(2)3;1-6-4-3-5-7(8-6)9-2;1-6-4-3-5-7(2)8-6;1-5-6(7)3-2-4-8-5;1-5-3-2-4-6(7)8-5;1-8-6-4-2-3-5-7-6;1-6-4-2-3-5-7-6;1-4-5-2-3-6-4/h4-6H,1-3H3;3-5H,1-2H3;3-5H,1-2H3;2-4H,1H3;2-4H,1H3,(H2,7,8);2-5H,1H3;2-5H,1H3;2-3H,1H3. The zero-order chi connectivity index (χ0) is 47.5. The molecule has 0 aliphatic heterocycles. The Morgan fingerprint density at radius 2 is 0.969 bits per heavy atom. The molecule has 14 heteroatoms. The smallest absolute Gasteiger partial charge is 0.213 e. The lowest BCUT2D eigenvalue weighted by Gasteiger charge is -2.10. The van der Waals surface area contributed by atoms with E-state index in [4.69, 9.17) is 15.2 Å². The van der Waals surface area contributed by atoms with Crippen LogP contribution in [0.1, 0.15) is 44.9 Å². The molecule has 0 bridgehead atoms. The number of hydrogen-bond acceptors (Lipinski definition) is 13. The van der Waals surface area contributed by atoms with E-state index in [1.807, 2.05) is 170 Å². The number of ether oxygens (including phenoxy) is 2. The fourth-order valence-corrected chi connectivity index (χ4v) is 4.77. The minimum atomic E-state index is -0.243. The van der Waals surface area contributed by atoms with Crippen molar-refractivity contribution in [2.75, 3.05) is 38.9 Å². The van der Waals surface area contributed by atoms with E-state index >= 15 is 0 Å². The number of rotatable bonds is 3. The maximum Gasteiger partial charge on any atom is 0.213 e. The van der Waals surface area contributed by atoms with Gasteiger partial charge in [-0.1, -0.05) is 36.4 Å². The molecule has 0 fully saturated rings. The Balaban J connectivity index is 0.000000367. The lowest BCUT2D eigenvalue weighted by Crippen LogP contribution is -2.10. The second-order valence-electron chi connectivity index (χ2n) is 13.4. The Kier molecular flexibility index (Phi) is 28.6. The van der Waals surface area contributed by atoms with Crippen LogP contribution in [0, 0.1) is 61.2 Å². The van der Waals surface area contributed by atoms with Gasteiger partial charge in [-0.25, -0.2) is 24.3 Å². The van der Waals surface area contributed by atoms with Gasteiger partial charge in [0.05, 0.1) is 24.9 Å². The van der Waals surface area contributed by atoms with Gasteiger partial charge in [0, 0.05) is 90.6 Å². The van der Waals surface area contributed by atoms with Crippen LogP contribution in [0.5, 0.6) is 11.8 Å². The van der Waals surface area contributed by atoms with Crippen molar-refractivity contribution in [3.8, 4) is 11.8 Å². The molecule has 64 heavy (non-hydrogen) atoms. The summed E-state index contributed by atoms with van der Waals surface area (Å²) in [7, 11) is 7.19. The molecule has 12 nitrogen and oxygen atoms in total. The molecular formula is C50H63FN10O2S. The highest BCUT2D eigenvalue weighted by atomic mass is 32.1. The average molecular weight is 887 g/mol. The topological polar surface area (TPSA) is 151 Å². The molecule has 0 radical (unpaired) electrons. The summed E-state index contributed by atoms with van der Waals surface area (Å²) in [4.78, 5) is 34.0. The van der Waals surface area contributed by atoms with Gasteiger partial charge in [0.15, 0.2) is 0 Å². The van der Waals surface area contributed by atoms with Crippen LogP contribution in [-0.2, 0) is 0 Å². The first kappa shape index (κ1) is 54.8. The van der Waals surface area contributed by atoms with Crippen LogP contribution in [0.2, 0.25) is 0 Å². The molecule has 0 amide bonds. The Morgan fingerprint density at radius 1 is 0.469 bits per heavy atom. The summed E-state index contributed by atoms with van der Waals surface area (Å²) in [5.74, 6) is 2.69. The van der Waals surface area contributed by atoms with Crippen LogP contribution >= 0.6 is 11.3 Å². The highest BCUT2D eigenvalue weighted by Gasteiger charge is 1.94. The number of anilines is 2. The third kappa shape index (κ3) is 28.4. The molecular weight excluding hydrogens is 824 g/mol. The molecule has 0 aliphatic carbocycles. The molecule has 0 aromatic carbocycles. The van der Waals surface area contributed by atoms with E-state index < -0.39 is 0 Å². The van der Waals surface area contributed by atoms with Crippen LogP contribution < -0.4 is 20.1 Å². The normalized spacial score (nSPS) is 9.08. The van der Waals surface area contributed by atoms with Crippen LogP contribution in [0.4, 0.5) is 16.0 Å². The molecule has 8 aromatic rings. The van der Waals surface area contributed by atoms with Gasteiger partial charge in [-0.3, -0.25) is 19.9 Å². The number of nitrogens with zero attached hydrogens (tertiary/aromatic N) is 9. The molecule has 8 rings (SSSR count). The third-order valence-electron chi connectivity index (χ3n) is 7.50. The molecule has 8 heterocycles. The molecule has 338 valence electrons. The number of pyridine rings is 7. The number of nitrogen functional groups attached to an aromatic ring is 1. The van der Waals surface area contributed by atoms with Crippen molar-refractivity contribution < 1.29 is 13.9 Å². The van der Waals surface area contributed by atoms with Gasteiger partial charge in [0.25, 0.3) is 0 Å². The van der Waals surface area contributed by atoms with Crippen LogP contribution in [0.15, 0.2) is 151 Å². The van der Waals surface area contributed by atoms with E-state index in [0.29, 0.717) is 23.3 Å². The van der Waals surface area contributed by atoms with Crippen LogP contribution in [0.25, 0.3) is 0 Å². The molecule has 2 N–H and O–H groups in total. The van der Waals surface area contributed by atoms with Gasteiger partial charge in [-0.05, 0) is 128 Å². The Labute approximate surface area is 383 Å². The average Bonchev–Trinajstić information content (AvgIpc) is 3.77. The Hall–Kier alpha value is -7.19. The molecule has 0 unspecified atom stereocenters. The fraction of sp³-hybridized carbons (Fsp3) is 0.240. The number of halogens is 1. The van der Waals surface area contributed by atoms with E-state index in [2.05, 4.69) is 39.9 Å². The second kappa shape index (κ2) is 33.4. The number of hydrogen-bond donors (Lipinski definition) is 1. The predicted octanol–water partition coefficient (Wildman–Crippen LogP) is 11.0. The Morgan fingerprint density at radius 3 is 1.25 bits per heavy atom. The van der Waals surface area contributed by atoms with Crippen molar-refractivity contribution in [3.63, 3.8) is 0 Å². The first-order valence-electron chi connectivity index (χ1n) is 20.1. The minimum Gasteiger partial charge on any atom is -0.481 e. The number of nitrogens with two attached hydrogens (primary N) is 1. The van der Waals surface area contributed by atoms with Crippen molar-refractivity contribution in [1.82, 2.24) is 39.9 Å². The molecule has 0 aliphatic rings. The number of aryl methyl sites for hydroxylation is 8. The summed E-state index contributed by atoms with van der Waals surface area (Å²) >= 11 is 1.67. The maximum absolute atomic E-state index is 12.3. The first-order valence-corrected chi connectivity index (χ1v) is 20.9. The van der Waals surface area contributed by atoms with E-state index in [-0.39, 0.29) is 5.82 Å². The number of aromatic nitrogens is 8. The quantitative estimate of drug-likeness (QED) is 0.180. The Bertz CT molecular complexity index is 2270. The lowest BCUT2D eigenvalue weighted by atomic mass is 10.3. The van der Waals surface area contributed by atoms with E-state index in [1.165, 1.54) is 6.07 Å². The summed E-state index contributed by atoms with van der Waals surface area (Å²) < 4.78 is 21.9. The first-order chi connectivity index (χ1) is 30.6. The van der Waals surface area contributed by atoms with Crippen molar-refractivity contribution >= 4 is 23.0 Å². The summed E-state index contributed by atoms with van der Waals surface area (Å²) in [5, 5.41) is 3.10. The van der Waals surface area contributed by atoms with Crippen molar-refractivity contribution in [2.24, 2.45) is 0 Å². The van der Waals surface area contributed by atoms with Gasteiger partial charge in [-0.15, -0.1) is 11.3 Å². The molecule has 0 saturated heterocycles. The van der Waals surface area contributed by atoms with Crippen LogP contribution in [0.3, 0.4) is 0 Å². The van der Waals surface area contributed by atoms with Crippen molar-refractivity contribution in [3.05, 3.63) is 202 Å². The number of methoxy groups -OCH3 is 2. The van der Waals surface area contributed by atoms with Crippen LogP contribution in [-0.4, -0.2) is 68.2 Å². The summed E-state index contributed by atoms with van der Waals surface area (Å²) in [5.41, 5.74) is 12.1. The monoisotopic (exact) mass is 886 g/mol.